The Balaban J connectivity index is 1.69. The molecule has 2 N–H and O–H groups in total. The molecule has 0 spiro atoms. The lowest BCUT2D eigenvalue weighted by atomic mass is 10.1. The molecular weight excluding hydrogens is 381 g/mol. The first-order chi connectivity index (χ1) is 13.9. The van der Waals surface area contributed by atoms with Gasteiger partial charge in [0.1, 0.15) is 17.7 Å². The van der Waals surface area contributed by atoms with Gasteiger partial charge in [0.15, 0.2) is 5.82 Å². The fraction of sp³-hybridized carbons (Fsp3) is 0.200. The summed E-state index contributed by atoms with van der Waals surface area (Å²) in [5, 5.41) is 14.9. The topological polar surface area (TPSA) is 86.5 Å². The summed E-state index contributed by atoms with van der Waals surface area (Å²) in [6.45, 7) is 2.65. The lowest BCUT2D eigenvalue weighted by Crippen LogP contribution is -2.15. The summed E-state index contributed by atoms with van der Waals surface area (Å²) >= 11 is 0. The van der Waals surface area contributed by atoms with Crippen LogP contribution in [0.3, 0.4) is 0 Å². The van der Waals surface area contributed by atoms with E-state index in [4.69, 9.17) is 5.26 Å². The van der Waals surface area contributed by atoms with E-state index < -0.39 is 11.7 Å². The number of nitrogens with one attached hydrogen (secondary N) is 2. The molecule has 0 radical (unpaired) electrons. The van der Waals surface area contributed by atoms with Crippen LogP contribution in [0, 0.1) is 18.3 Å². The highest BCUT2D eigenvalue weighted by Crippen LogP contribution is 2.36. The van der Waals surface area contributed by atoms with Crippen molar-refractivity contribution in [1.29, 1.82) is 5.26 Å². The number of hydrogen-bond donors (Lipinski definition) is 2. The summed E-state index contributed by atoms with van der Waals surface area (Å²) in [4.78, 5) is 12.5. The summed E-state index contributed by atoms with van der Waals surface area (Å²) < 4.78 is 39.9. The maximum Gasteiger partial charge on any atom is 0.417 e. The number of hydrogen-bond acceptors (Lipinski definition) is 6. The largest absolute Gasteiger partial charge is 0.417 e. The standard InChI is InChI=1S/C20H17F3N6/c1-13-10-18(26-9-8-25-17-7-6-14(11-24)12-27-17)29-19(28-13)15-4-2-3-5-16(15)20(21,22)23/h2-7,10,12H,8-9H2,1H3,(H,25,27)(H,26,28,29). The number of alkyl halides is 3. The van der Waals surface area contributed by atoms with Gasteiger partial charge in [-0.2, -0.15) is 18.4 Å². The molecule has 0 atom stereocenters. The first-order valence-corrected chi connectivity index (χ1v) is 8.73. The smallest absolute Gasteiger partial charge is 0.368 e. The maximum absolute atomic E-state index is 13.3. The molecule has 0 bridgehead atoms. The minimum absolute atomic E-state index is 0.0159. The summed E-state index contributed by atoms with van der Waals surface area (Å²) in [7, 11) is 0. The zero-order valence-electron chi connectivity index (χ0n) is 15.5. The number of halogens is 3. The molecule has 0 saturated carbocycles. The molecule has 0 aliphatic heterocycles. The van der Waals surface area contributed by atoms with Crippen molar-refractivity contribution in [1.82, 2.24) is 15.0 Å². The molecule has 3 aromatic rings. The third-order valence-electron chi connectivity index (χ3n) is 3.96. The number of nitrogens with zero attached hydrogens (tertiary/aromatic N) is 4. The minimum atomic E-state index is -4.49. The van der Waals surface area contributed by atoms with E-state index in [9.17, 15) is 13.2 Å². The number of nitriles is 1. The molecule has 0 saturated heterocycles. The molecule has 2 aromatic heterocycles. The van der Waals surface area contributed by atoms with Crippen molar-refractivity contribution in [3.8, 4) is 17.5 Å². The highest BCUT2D eigenvalue weighted by molar-refractivity contribution is 5.63. The molecule has 9 heteroatoms. The predicted molar refractivity (Wildman–Crippen MR) is 103 cm³/mol. The summed E-state index contributed by atoms with van der Waals surface area (Å²) in [5.41, 5.74) is 0.185. The van der Waals surface area contributed by atoms with E-state index in [0.29, 0.717) is 36.0 Å². The van der Waals surface area contributed by atoms with Crippen molar-refractivity contribution in [2.45, 2.75) is 13.1 Å². The monoisotopic (exact) mass is 398 g/mol. The van der Waals surface area contributed by atoms with E-state index in [1.54, 1.807) is 25.1 Å². The Morgan fingerprint density at radius 2 is 1.72 bits per heavy atom. The number of benzene rings is 1. The van der Waals surface area contributed by atoms with Gasteiger partial charge >= 0.3 is 6.18 Å². The first kappa shape index (κ1) is 20.1. The normalized spacial score (nSPS) is 11.0. The zero-order valence-corrected chi connectivity index (χ0v) is 15.5. The number of anilines is 2. The SMILES string of the molecule is Cc1cc(NCCNc2ccc(C#N)cn2)nc(-c2ccccc2C(F)(F)F)n1. The molecule has 29 heavy (non-hydrogen) atoms. The Kier molecular flexibility index (Phi) is 5.93. The molecule has 0 unspecified atom stereocenters. The van der Waals surface area contributed by atoms with Gasteiger partial charge in [0.2, 0.25) is 0 Å². The van der Waals surface area contributed by atoms with Crippen LogP contribution in [0.25, 0.3) is 11.4 Å². The van der Waals surface area contributed by atoms with Gasteiger partial charge in [0.25, 0.3) is 0 Å². The number of pyridine rings is 1. The molecule has 0 fully saturated rings. The van der Waals surface area contributed by atoms with Crippen LogP contribution in [0.5, 0.6) is 0 Å². The lowest BCUT2D eigenvalue weighted by molar-refractivity contribution is -0.137. The van der Waals surface area contributed by atoms with Crippen molar-refractivity contribution >= 4 is 11.6 Å². The van der Waals surface area contributed by atoms with Crippen LogP contribution in [-0.2, 0) is 6.18 Å². The van der Waals surface area contributed by atoms with Crippen LogP contribution >= 0.6 is 0 Å². The van der Waals surface area contributed by atoms with E-state index in [1.165, 1.54) is 24.4 Å². The van der Waals surface area contributed by atoms with E-state index in [-0.39, 0.29) is 11.4 Å². The summed E-state index contributed by atoms with van der Waals surface area (Å²) in [6, 6.07) is 12.2. The Hall–Kier alpha value is -3.67. The van der Waals surface area contributed by atoms with Gasteiger partial charge in [-0.25, -0.2) is 15.0 Å². The minimum Gasteiger partial charge on any atom is -0.368 e. The van der Waals surface area contributed by atoms with Crippen molar-refractivity contribution < 1.29 is 13.2 Å². The lowest BCUT2D eigenvalue weighted by Gasteiger charge is -2.13. The quantitative estimate of drug-likeness (QED) is 0.604. The van der Waals surface area contributed by atoms with E-state index in [0.717, 1.165) is 6.07 Å². The fourth-order valence-electron chi connectivity index (χ4n) is 2.65. The molecule has 0 amide bonds. The van der Waals surface area contributed by atoms with E-state index in [2.05, 4.69) is 25.6 Å². The maximum atomic E-state index is 13.3. The van der Waals surface area contributed by atoms with Crippen LogP contribution in [0.4, 0.5) is 24.8 Å². The third kappa shape index (κ3) is 5.19. The van der Waals surface area contributed by atoms with Crippen LogP contribution in [-0.4, -0.2) is 28.0 Å². The second-order valence-corrected chi connectivity index (χ2v) is 6.16. The molecular formula is C20H17F3N6. The van der Waals surface area contributed by atoms with E-state index >= 15 is 0 Å². The highest BCUT2D eigenvalue weighted by Gasteiger charge is 2.34. The number of aryl methyl sites for hydroxylation is 1. The van der Waals surface area contributed by atoms with Gasteiger partial charge in [-0.1, -0.05) is 18.2 Å². The molecule has 148 valence electrons. The average molecular weight is 398 g/mol. The van der Waals surface area contributed by atoms with Gasteiger partial charge in [-0.05, 0) is 25.1 Å². The molecule has 0 aliphatic rings. The van der Waals surface area contributed by atoms with Crippen molar-refractivity contribution in [3.05, 3.63) is 65.5 Å². The third-order valence-corrected chi connectivity index (χ3v) is 3.96. The van der Waals surface area contributed by atoms with Crippen LogP contribution in [0.15, 0.2) is 48.7 Å². The molecule has 1 aromatic carbocycles. The van der Waals surface area contributed by atoms with Gasteiger partial charge in [0.05, 0.1) is 11.1 Å². The van der Waals surface area contributed by atoms with Gasteiger partial charge < -0.3 is 10.6 Å². The van der Waals surface area contributed by atoms with Crippen molar-refractivity contribution in [3.63, 3.8) is 0 Å². The van der Waals surface area contributed by atoms with Gasteiger partial charge in [0, 0.05) is 36.6 Å². The van der Waals surface area contributed by atoms with Crippen LogP contribution < -0.4 is 10.6 Å². The molecule has 6 nitrogen and oxygen atoms in total. The Labute approximate surface area is 165 Å². The zero-order chi connectivity index (χ0) is 20.9. The summed E-state index contributed by atoms with van der Waals surface area (Å²) in [6.07, 6.45) is -3.02. The van der Waals surface area contributed by atoms with Crippen molar-refractivity contribution in [2.75, 3.05) is 23.7 Å². The number of rotatable bonds is 6. The van der Waals surface area contributed by atoms with Crippen molar-refractivity contribution in [2.24, 2.45) is 0 Å². The van der Waals surface area contributed by atoms with Gasteiger partial charge in [-0.3, -0.25) is 0 Å². The molecule has 2 heterocycles. The first-order valence-electron chi connectivity index (χ1n) is 8.73. The van der Waals surface area contributed by atoms with E-state index in [1.807, 2.05) is 6.07 Å². The Morgan fingerprint density at radius 1 is 1.00 bits per heavy atom. The summed E-state index contributed by atoms with van der Waals surface area (Å²) in [5.74, 6) is 1.06. The fourth-order valence-corrected chi connectivity index (χ4v) is 2.65. The second kappa shape index (κ2) is 8.56. The van der Waals surface area contributed by atoms with Gasteiger partial charge in [-0.15, -0.1) is 0 Å². The Bertz CT molecular complexity index is 1030. The van der Waals surface area contributed by atoms with Crippen LogP contribution in [0.1, 0.15) is 16.8 Å². The Morgan fingerprint density at radius 3 is 2.38 bits per heavy atom. The second-order valence-electron chi connectivity index (χ2n) is 6.16. The van der Waals surface area contributed by atoms with Crippen LogP contribution in [0.2, 0.25) is 0 Å². The highest BCUT2D eigenvalue weighted by atomic mass is 19.4. The average Bonchev–Trinajstić information content (AvgIpc) is 2.70. The molecule has 0 aliphatic carbocycles. The molecule has 3 rings (SSSR count). The number of aromatic nitrogens is 3. The predicted octanol–water partition coefficient (Wildman–Crippen LogP) is 4.26.